The third-order valence-corrected chi connectivity index (χ3v) is 3.42. The zero-order valence-electron chi connectivity index (χ0n) is 9.51. The molecule has 5 heteroatoms. The van der Waals surface area contributed by atoms with E-state index in [1.807, 2.05) is 24.3 Å². The van der Waals surface area contributed by atoms with Crippen LogP contribution in [0.4, 0.5) is 0 Å². The predicted molar refractivity (Wildman–Crippen MR) is 74.6 cm³/mol. The number of aromatic carboxylic acids is 1. The molecule has 1 heterocycles. The van der Waals surface area contributed by atoms with Gasteiger partial charge in [-0.1, -0.05) is 28.1 Å². The lowest BCUT2D eigenvalue weighted by Gasteiger charge is -2.04. The van der Waals surface area contributed by atoms with E-state index in [1.165, 1.54) is 6.07 Å². The second kappa shape index (κ2) is 4.20. The number of carboxylic acid groups (broad SMARTS) is 1. The minimum Gasteiger partial charge on any atom is -0.477 e. The fourth-order valence-electron chi connectivity index (χ4n) is 2.05. The molecule has 0 saturated heterocycles. The highest BCUT2D eigenvalue weighted by Gasteiger charge is 2.13. The maximum Gasteiger partial charge on any atom is 0.351 e. The Morgan fingerprint density at radius 1 is 1.11 bits per heavy atom. The minimum absolute atomic E-state index is 0.358. The van der Waals surface area contributed by atoms with E-state index in [-0.39, 0.29) is 5.56 Å². The molecular formula is C14H7BrO4. The van der Waals surface area contributed by atoms with Crippen LogP contribution in [0, 0.1) is 0 Å². The molecule has 1 N–H and O–H groups in total. The number of fused-ring (bicyclic) bond motifs is 3. The first-order chi connectivity index (χ1) is 9.06. The van der Waals surface area contributed by atoms with Gasteiger partial charge in [0.05, 0.1) is 0 Å². The van der Waals surface area contributed by atoms with E-state index in [0.717, 1.165) is 15.2 Å². The summed E-state index contributed by atoms with van der Waals surface area (Å²) in [5.41, 5.74) is -0.816. The van der Waals surface area contributed by atoms with Gasteiger partial charge >= 0.3 is 11.6 Å². The van der Waals surface area contributed by atoms with Crippen molar-refractivity contribution in [2.45, 2.75) is 0 Å². The molecule has 0 aliphatic rings. The van der Waals surface area contributed by atoms with Crippen LogP contribution in [0.15, 0.2) is 50.1 Å². The first kappa shape index (κ1) is 11.9. The van der Waals surface area contributed by atoms with Crippen LogP contribution in [-0.4, -0.2) is 11.1 Å². The number of hydrogen-bond acceptors (Lipinski definition) is 3. The molecule has 1 aromatic heterocycles. The van der Waals surface area contributed by atoms with E-state index in [9.17, 15) is 9.59 Å². The molecule has 94 valence electrons. The third-order valence-electron chi connectivity index (χ3n) is 2.93. The first-order valence-corrected chi connectivity index (χ1v) is 6.25. The van der Waals surface area contributed by atoms with Crippen LogP contribution in [-0.2, 0) is 0 Å². The fourth-order valence-corrected chi connectivity index (χ4v) is 2.43. The van der Waals surface area contributed by atoms with Crippen molar-refractivity contribution in [3.8, 4) is 0 Å². The Balaban J connectivity index is 2.50. The number of hydrogen-bond donors (Lipinski definition) is 1. The summed E-state index contributed by atoms with van der Waals surface area (Å²) >= 11 is 3.38. The lowest BCUT2D eigenvalue weighted by Crippen LogP contribution is -2.12. The molecule has 0 aliphatic carbocycles. The van der Waals surface area contributed by atoms with Gasteiger partial charge in [0.1, 0.15) is 11.1 Å². The van der Waals surface area contributed by atoms with Crippen LogP contribution in [0.5, 0.6) is 0 Å². The second-order valence-electron chi connectivity index (χ2n) is 4.10. The van der Waals surface area contributed by atoms with Crippen LogP contribution in [0.2, 0.25) is 0 Å². The summed E-state index contributed by atoms with van der Waals surface area (Å²) in [6.07, 6.45) is 0. The summed E-state index contributed by atoms with van der Waals surface area (Å²) in [5, 5.41) is 11.4. The van der Waals surface area contributed by atoms with E-state index in [4.69, 9.17) is 9.52 Å². The largest absolute Gasteiger partial charge is 0.477 e. The highest BCUT2D eigenvalue weighted by atomic mass is 79.9. The molecule has 4 nitrogen and oxygen atoms in total. The van der Waals surface area contributed by atoms with Crippen LogP contribution in [0.3, 0.4) is 0 Å². The molecular weight excluding hydrogens is 312 g/mol. The smallest absolute Gasteiger partial charge is 0.351 e. The average Bonchev–Trinajstić information content (AvgIpc) is 2.37. The lowest BCUT2D eigenvalue weighted by molar-refractivity contribution is 0.0692. The molecule has 2 aromatic carbocycles. The van der Waals surface area contributed by atoms with Crippen LogP contribution in [0.25, 0.3) is 21.7 Å². The van der Waals surface area contributed by atoms with Gasteiger partial charge in [-0.25, -0.2) is 9.59 Å². The van der Waals surface area contributed by atoms with Crippen LogP contribution >= 0.6 is 15.9 Å². The first-order valence-electron chi connectivity index (χ1n) is 5.46. The van der Waals surface area contributed by atoms with Gasteiger partial charge in [0.25, 0.3) is 0 Å². The topological polar surface area (TPSA) is 67.5 Å². The summed E-state index contributed by atoms with van der Waals surface area (Å²) in [7, 11) is 0. The molecule has 0 saturated carbocycles. The van der Waals surface area contributed by atoms with Crippen LogP contribution in [0.1, 0.15) is 10.4 Å². The molecule has 0 spiro atoms. The Bertz CT molecular complexity index is 880. The van der Waals surface area contributed by atoms with Gasteiger partial charge < -0.3 is 9.52 Å². The highest BCUT2D eigenvalue weighted by molar-refractivity contribution is 9.10. The number of benzene rings is 2. The molecule has 0 atom stereocenters. The molecule has 0 unspecified atom stereocenters. The van der Waals surface area contributed by atoms with E-state index in [2.05, 4.69) is 15.9 Å². The van der Waals surface area contributed by atoms with Crippen molar-refractivity contribution in [2.75, 3.05) is 0 Å². The normalized spacial score (nSPS) is 11.0. The van der Waals surface area contributed by atoms with Crippen molar-refractivity contribution in [1.29, 1.82) is 0 Å². The molecule has 0 aliphatic heterocycles. The summed E-state index contributed by atoms with van der Waals surface area (Å²) in [6, 6.07) is 10.5. The molecule has 3 rings (SSSR count). The Hall–Kier alpha value is -2.14. The Labute approximate surface area is 115 Å². The Morgan fingerprint density at radius 2 is 1.89 bits per heavy atom. The second-order valence-corrected chi connectivity index (χ2v) is 5.01. The number of halogens is 1. The number of carboxylic acids is 1. The molecule has 0 bridgehead atoms. The third kappa shape index (κ3) is 1.92. The van der Waals surface area contributed by atoms with Gasteiger partial charge in [-0.3, -0.25) is 0 Å². The predicted octanol–water partition coefficient (Wildman–Crippen LogP) is 3.41. The van der Waals surface area contributed by atoms with Crippen molar-refractivity contribution >= 4 is 43.6 Å². The summed E-state index contributed by atoms with van der Waals surface area (Å²) < 4.78 is 5.97. The lowest BCUT2D eigenvalue weighted by atomic mass is 10.0. The van der Waals surface area contributed by atoms with E-state index in [1.54, 1.807) is 6.07 Å². The standard InChI is InChI=1S/C14H7BrO4/c15-8-2-3-9-7(5-8)1-4-12-10(9)6-11(13(16)17)14(18)19-12/h1-6H,(H,16,17). The fraction of sp³-hybridized carbons (Fsp3) is 0. The van der Waals surface area contributed by atoms with Gasteiger partial charge in [0.15, 0.2) is 0 Å². The molecule has 19 heavy (non-hydrogen) atoms. The highest BCUT2D eigenvalue weighted by Crippen LogP contribution is 2.27. The quantitative estimate of drug-likeness (QED) is 0.551. The number of carbonyl (C=O) groups is 1. The minimum atomic E-state index is -1.29. The van der Waals surface area contributed by atoms with Gasteiger partial charge in [0.2, 0.25) is 0 Å². The monoisotopic (exact) mass is 318 g/mol. The maximum atomic E-state index is 11.5. The summed E-state index contributed by atoms with van der Waals surface area (Å²) in [4.78, 5) is 22.5. The molecule has 3 aromatic rings. The van der Waals surface area contributed by atoms with Crippen LogP contribution < -0.4 is 5.63 Å². The molecule has 0 radical (unpaired) electrons. The van der Waals surface area contributed by atoms with Crippen molar-refractivity contribution in [3.63, 3.8) is 0 Å². The Morgan fingerprint density at radius 3 is 2.63 bits per heavy atom. The molecule has 0 amide bonds. The Kier molecular flexibility index (Phi) is 2.64. The SMILES string of the molecule is O=C(O)c1cc2c(ccc3cc(Br)ccc32)oc1=O. The van der Waals surface area contributed by atoms with Gasteiger partial charge in [-0.15, -0.1) is 0 Å². The van der Waals surface area contributed by atoms with Gasteiger partial charge in [-0.2, -0.15) is 0 Å². The maximum absolute atomic E-state index is 11.5. The summed E-state index contributed by atoms with van der Waals surface area (Å²) in [5.74, 6) is -1.29. The average molecular weight is 319 g/mol. The van der Waals surface area contributed by atoms with Crippen molar-refractivity contribution < 1.29 is 14.3 Å². The van der Waals surface area contributed by atoms with E-state index in [0.29, 0.717) is 11.0 Å². The van der Waals surface area contributed by atoms with Crippen molar-refractivity contribution in [2.24, 2.45) is 0 Å². The van der Waals surface area contributed by atoms with Gasteiger partial charge in [0, 0.05) is 9.86 Å². The zero-order valence-corrected chi connectivity index (χ0v) is 11.1. The number of rotatable bonds is 1. The summed E-state index contributed by atoms with van der Waals surface area (Å²) in [6.45, 7) is 0. The van der Waals surface area contributed by atoms with E-state index < -0.39 is 11.6 Å². The van der Waals surface area contributed by atoms with Gasteiger partial charge in [-0.05, 0) is 35.0 Å². The molecule has 0 fully saturated rings. The van der Waals surface area contributed by atoms with E-state index >= 15 is 0 Å². The van der Waals surface area contributed by atoms with Crippen molar-refractivity contribution in [1.82, 2.24) is 0 Å². The zero-order chi connectivity index (χ0) is 13.6. The van der Waals surface area contributed by atoms with Crippen molar-refractivity contribution in [3.05, 3.63) is 56.9 Å².